The van der Waals surface area contributed by atoms with Gasteiger partial charge in [-0.15, -0.1) is 0 Å². The minimum Gasteiger partial charge on any atom is -0.444 e. The molecule has 1 heterocycles. The predicted octanol–water partition coefficient (Wildman–Crippen LogP) is 3.64. The molecule has 0 spiro atoms. The highest BCUT2D eigenvalue weighted by molar-refractivity contribution is 5.68. The normalized spacial score (nSPS) is 22.0. The third-order valence-electron chi connectivity index (χ3n) is 3.85. The second-order valence-corrected chi connectivity index (χ2v) is 7.03. The number of hydrogen-bond donors (Lipinski definition) is 2. The lowest BCUT2D eigenvalue weighted by molar-refractivity contribution is 0.0492. The number of anilines is 1. The Kier molecular flexibility index (Phi) is 5.27. The van der Waals surface area contributed by atoms with Gasteiger partial charge in [-0.1, -0.05) is 0 Å². The molecule has 0 atom stereocenters. The van der Waals surface area contributed by atoms with Crippen molar-refractivity contribution in [3.05, 3.63) is 24.0 Å². The second-order valence-electron chi connectivity index (χ2n) is 7.03. The largest absolute Gasteiger partial charge is 0.444 e. The molecule has 2 rings (SSSR count). The van der Waals surface area contributed by atoms with E-state index in [-0.39, 0.29) is 12.1 Å². The van der Waals surface area contributed by atoms with Crippen LogP contribution in [0.1, 0.15) is 52.0 Å². The minimum atomic E-state index is -0.444. The van der Waals surface area contributed by atoms with Crippen LogP contribution in [0.15, 0.2) is 18.5 Å². The molecule has 22 heavy (non-hydrogen) atoms. The van der Waals surface area contributed by atoms with E-state index in [0.29, 0.717) is 6.04 Å². The summed E-state index contributed by atoms with van der Waals surface area (Å²) in [5.74, 6) is 0. The number of aryl methyl sites for hydroxylation is 1. The number of amides is 1. The summed E-state index contributed by atoms with van der Waals surface area (Å²) >= 11 is 0. The third kappa shape index (κ3) is 5.20. The SMILES string of the molecule is Cc1ccncc1NC1CCC(NC(=O)OC(C)(C)C)CC1. The van der Waals surface area contributed by atoms with Crippen molar-refractivity contribution < 1.29 is 9.53 Å². The van der Waals surface area contributed by atoms with Gasteiger partial charge >= 0.3 is 6.09 Å². The van der Waals surface area contributed by atoms with Gasteiger partial charge in [0, 0.05) is 18.3 Å². The van der Waals surface area contributed by atoms with Crippen molar-refractivity contribution in [2.45, 2.75) is 71.1 Å². The molecule has 0 aliphatic heterocycles. The molecule has 0 aromatic carbocycles. The van der Waals surface area contributed by atoms with Crippen molar-refractivity contribution >= 4 is 11.8 Å². The Hall–Kier alpha value is -1.78. The van der Waals surface area contributed by atoms with Gasteiger partial charge in [-0.25, -0.2) is 4.79 Å². The van der Waals surface area contributed by atoms with E-state index in [1.165, 1.54) is 5.56 Å². The molecule has 1 aliphatic rings. The zero-order valence-electron chi connectivity index (χ0n) is 14.0. The number of hydrogen-bond acceptors (Lipinski definition) is 4. The van der Waals surface area contributed by atoms with Crippen molar-refractivity contribution in [2.24, 2.45) is 0 Å². The number of alkyl carbamates (subject to hydrolysis) is 1. The maximum absolute atomic E-state index is 11.8. The van der Waals surface area contributed by atoms with Crippen LogP contribution in [0.25, 0.3) is 0 Å². The van der Waals surface area contributed by atoms with Crippen LogP contribution in [0.5, 0.6) is 0 Å². The van der Waals surface area contributed by atoms with Crippen molar-refractivity contribution in [1.29, 1.82) is 0 Å². The molecule has 1 saturated carbocycles. The number of aromatic nitrogens is 1. The van der Waals surface area contributed by atoms with E-state index in [2.05, 4.69) is 22.5 Å². The van der Waals surface area contributed by atoms with Crippen LogP contribution in [0.4, 0.5) is 10.5 Å². The van der Waals surface area contributed by atoms with E-state index >= 15 is 0 Å². The lowest BCUT2D eigenvalue weighted by Gasteiger charge is -2.31. The van der Waals surface area contributed by atoms with E-state index in [1.807, 2.05) is 39.2 Å². The highest BCUT2D eigenvalue weighted by Gasteiger charge is 2.24. The summed E-state index contributed by atoms with van der Waals surface area (Å²) in [5, 5.41) is 6.52. The van der Waals surface area contributed by atoms with Gasteiger partial charge in [-0.3, -0.25) is 4.98 Å². The van der Waals surface area contributed by atoms with Crippen LogP contribution in [0.3, 0.4) is 0 Å². The fraction of sp³-hybridized carbons (Fsp3) is 0.647. The van der Waals surface area contributed by atoms with Gasteiger partial charge in [0.05, 0.1) is 11.9 Å². The zero-order valence-corrected chi connectivity index (χ0v) is 14.0. The summed E-state index contributed by atoms with van der Waals surface area (Å²) in [6, 6.07) is 2.67. The molecule has 1 aliphatic carbocycles. The Bertz CT molecular complexity index is 503. The Morgan fingerprint density at radius 1 is 1.23 bits per heavy atom. The Labute approximate surface area is 132 Å². The van der Waals surface area contributed by atoms with Crippen LogP contribution in [0.2, 0.25) is 0 Å². The summed E-state index contributed by atoms with van der Waals surface area (Å²) in [5.41, 5.74) is 1.87. The van der Waals surface area contributed by atoms with Gasteiger partial charge in [0.25, 0.3) is 0 Å². The molecular weight excluding hydrogens is 278 g/mol. The molecule has 0 unspecified atom stereocenters. The number of carbonyl (C=O) groups excluding carboxylic acids is 1. The molecule has 0 bridgehead atoms. The number of rotatable bonds is 3. The first kappa shape index (κ1) is 16.6. The quantitative estimate of drug-likeness (QED) is 0.895. The Morgan fingerprint density at radius 2 is 1.86 bits per heavy atom. The number of ether oxygens (including phenoxy) is 1. The maximum Gasteiger partial charge on any atom is 0.407 e. The van der Waals surface area contributed by atoms with Crippen LogP contribution >= 0.6 is 0 Å². The fourth-order valence-corrected chi connectivity index (χ4v) is 2.69. The lowest BCUT2D eigenvalue weighted by atomic mass is 9.91. The molecule has 5 nitrogen and oxygen atoms in total. The molecule has 1 aromatic heterocycles. The van der Waals surface area contributed by atoms with Crippen molar-refractivity contribution in [3.8, 4) is 0 Å². The standard InChI is InChI=1S/C17H27N3O2/c1-12-9-10-18-11-15(12)19-13-5-7-14(8-6-13)20-16(21)22-17(2,3)4/h9-11,13-14,19H,5-8H2,1-4H3,(H,20,21). The number of nitrogens with zero attached hydrogens (tertiary/aromatic N) is 1. The van der Waals surface area contributed by atoms with Crippen molar-refractivity contribution in [1.82, 2.24) is 10.3 Å². The molecule has 1 fully saturated rings. The number of carbonyl (C=O) groups is 1. The van der Waals surface area contributed by atoms with E-state index < -0.39 is 5.60 Å². The lowest BCUT2D eigenvalue weighted by Crippen LogP contribution is -2.42. The summed E-state index contributed by atoms with van der Waals surface area (Å²) < 4.78 is 5.30. The van der Waals surface area contributed by atoms with Crippen LogP contribution < -0.4 is 10.6 Å². The highest BCUT2D eigenvalue weighted by Crippen LogP contribution is 2.23. The van der Waals surface area contributed by atoms with Gasteiger partial charge in [0.1, 0.15) is 5.60 Å². The monoisotopic (exact) mass is 305 g/mol. The Balaban J connectivity index is 1.76. The highest BCUT2D eigenvalue weighted by atomic mass is 16.6. The number of nitrogens with one attached hydrogen (secondary N) is 2. The van der Waals surface area contributed by atoms with Crippen LogP contribution in [0, 0.1) is 6.92 Å². The first-order valence-corrected chi connectivity index (χ1v) is 8.00. The first-order valence-electron chi connectivity index (χ1n) is 8.00. The average Bonchev–Trinajstić information content (AvgIpc) is 2.41. The summed E-state index contributed by atoms with van der Waals surface area (Å²) in [6.45, 7) is 7.72. The Morgan fingerprint density at radius 3 is 2.45 bits per heavy atom. The smallest absolute Gasteiger partial charge is 0.407 e. The molecule has 0 saturated heterocycles. The van der Waals surface area contributed by atoms with Gasteiger partial charge in [-0.2, -0.15) is 0 Å². The van der Waals surface area contributed by atoms with E-state index in [0.717, 1.165) is 31.4 Å². The molecule has 5 heteroatoms. The molecule has 1 amide bonds. The molecule has 1 aromatic rings. The second kappa shape index (κ2) is 6.99. The molecule has 2 N–H and O–H groups in total. The average molecular weight is 305 g/mol. The van der Waals surface area contributed by atoms with E-state index in [9.17, 15) is 4.79 Å². The van der Waals surface area contributed by atoms with Gasteiger partial charge in [-0.05, 0) is 65.0 Å². The van der Waals surface area contributed by atoms with Crippen LogP contribution in [-0.2, 0) is 4.74 Å². The molecule has 122 valence electrons. The van der Waals surface area contributed by atoms with Crippen molar-refractivity contribution in [3.63, 3.8) is 0 Å². The maximum atomic E-state index is 11.8. The summed E-state index contributed by atoms with van der Waals surface area (Å²) in [4.78, 5) is 16.0. The zero-order chi connectivity index (χ0) is 16.2. The molecular formula is C17H27N3O2. The van der Waals surface area contributed by atoms with Gasteiger partial charge in [0.2, 0.25) is 0 Å². The van der Waals surface area contributed by atoms with E-state index in [4.69, 9.17) is 4.74 Å². The van der Waals surface area contributed by atoms with Gasteiger partial charge < -0.3 is 15.4 Å². The summed E-state index contributed by atoms with van der Waals surface area (Å²) in [6.07, 6.45) is 7.38. The summed E-state index contributed by atoms with van der Waals surface area (Å²) in [7, 11) is 0. The van der Waals surface area contributed by atoms with Crippen molar-refractivity contribution in [2.75, 3.05) is 5.32 Å². The fourth-order valence-electron chi connectivity index (χ4n) is 2.69. The first-order chi connectivity index (χ1) is 10.3. The topological polar surface area (TPSA) is 63.2 Å². The third-order valence-corrected chi connectivity index (χ3v) is 3.85. The minimum absolute atomic E-state index is 0.211. The van der Waals surface area contributed by atoms with Gasteiger partial charge in [0.15, 0.2) is 0 Å². The van der Waals surface area contributed by atoms with Crippen LogP contribution in [-0.4, -0.2) is 28.8 Å². The number of pyridine rings is 1. The predicted molar refractivity (Wildman–Crippen MR) is 88.0 cm³/mol. The molecule has 0 radical (unpaired) electrons. The van der Waals surface area contributed by atoms with E-state index in [1.54, 1.807) is 0 Å².